The van der Waals surface area contributed by atoms with Gasteiger partial charge in [0.2, 0.25) is 0 Å². The number of hydrogen-bond acceptors (Lipinski definition) is 7. The summed E-state index contributed by atoms with van der Waals surface area (Å²) in [4.78, 5) is 36.3. The van der Waals surface area contributed by atoms with Crippen molar-refractivity contribution in [1.82, 2.24) is 0 Å². The molecular formula is C17H14O7. The number of aliphatic hydroxyl groups is 1. The van der Waals surface area contributed by atoms with Gasteiger partial charge in [0.25, 0.3) is 0 Å². The Bertz CT molecular complexity index is 764. The van der Waals surface area contributed by atoms with Crippen molar-refractivity contribution < 1.29 is 33.7 Å². The summed E-state index contributed by atoms with van der Waals surface area (Å²) in [6, 6.07) is 8.25. The van der Waals surface area contributed by atoms with Gasteiger partial charge < -0.3 is 19.3 Å². The van der Waals surface area contributed by atoms with E-state index in [9.17, 15) is 19.5 Å². The average Bonchev–Trinajstić information content (AvgIpc) is 2.98. The molecule has 1 saturated heterocycles. The van der Waals surface area contributed by atoms with E-state index in [1.54, 1.807) is 30.3 Å². The van der Waals surface area contributed by atoms with Crippen molar-refractivity contribution >= 4 is 17.9 Å². The van der Waals surface area contributed by atoms with Gasteiger partial charge >= 0.3 is 17.9 Å². The number of hydrogen-bond donors (Lipinski definition) is 1. The summed E-state index contributed by atoms with van der Waals surface area (Å²) in [6.07, 6.45) is -1.02. The normalized spacial score (nSPS) is 36.5. The maximum absolute atomic E-state index is 12.3. The zero-order chi connectivity index (χ0) is 17.1. The third-order valence-corrected chi connectivity index (χ3v) is 4.85. The van der Waals surface area contributed by atoms with Gasteiger partial charge in [0.05, 0.1) is 17.1 Å². The summed E-state index contributed by atoms with van der Waals surface area (Å²) in [5.74, 6) is -3.67. The van der Waals surface area contributed by atoms with Gasteiger partial charge in [-0.2, -0.15) is 0 Å². The minimum atomic E-state index is -1.71. The van der Waals surface area contributed by atoms with Crippen LogP contribution in [0.25, 0.3) is 0 Å². The van der Waals surface area contributed by atoms with Crippen molar-refractivity contribution in [2.45, 2.75) is 24.7 Å². The number of esters is 3. The fourth-order valence-corrected chi connectivity index (χ4v) is 3.72. The molecule has 24 heavy (non-hydrogen) atoms. The van der Waals surface area contributed by atoms with Gasteiger partial charge in [-0.3, -0.25) is 4.79 Å². The molecule has 1 aromatic rings. The number of cyclic esters (lactones) is 1. The largest absolute Gasteiger partial charge is 0.454 e. The fourth-order valence-electron chi connectivity index (χ4n) is 3.72. The van der Waals surface area contributed by atoms with E-state index < -0.39 is 47.6 Å². The predicted octanol–water partition coefficient (Wildman–Crippen LogP) is 0.575. The first-order chi connectivity index (χ1) is 11.4. The van der Waals surface area contributed by atoms with Gasteiger partial charge in [-0.05, 0) is 19.1 Å². The van der Waals surface area contributed by atoms with E-state index in [0.717, 1.165) is 6.26 Å². The van der Waals surface area contributed by atoms with Crippen LogP contribution in [0, 0.1) is 11.8 Å². The van der Waals surface area contributed by atoms with Gasteiger partial charge in [0.15, 0.2) is 6.10 Å². The molecule has 0 amide bonds. The number of carbonyl (C=O) groups is 3. The van der Waals surface area contributed by atoms with Gasteiger partial charge in [-0.15, -0.1) is 0 Å². The van der Waals surface area contributed by atoms with E-state index in [4.69, 9.17) is 14.2 Å². The summed E-state index contributed by atoms with van der Waals surface area (Å²) in [7, 11) is 0. The van der Waals surface area contributed by atoms with Crippen LogP contribution in [0.3, 0.4) is 0 Å². The van der Waals surface area contributed by atoms with Crippen molar-refractivity contribution in [2.75, 3.05) is 0 Å². The second kappa shape index (κ2) is 4.91. The predicted molar refractivity (Wildman–Crippen MR) is 77.3 cm³/mol. The van der Waals surface area contributed by atoms with Crippen molar-refractivity contribution in [3.63, 3.8) is 0 Å². The average molecular weight is 330 g/mol. The molecule has 5 atom stereocenters. The van der Waals surface area contributed by atoms with Crippen LogP contribution in [0.1, 0.15) is 17.3 Å². The lowest BCUT2D eigenvalue weighted by Crippen LogP contribution is -2.49. The smallest absolute Gasteiger partial charge is 0.338 e. The van der Waals surface area contributed by atoms with Crippen LogP contribution in [0.4, 0.5) is 0 Å². The van der Waals surface area contributed by atoms with Crippen LogP contribution in [0.15, 0.2) is 42.2 Å². The van der Waals surface area contributed by atoms with Gasteiger partial charge in [-0.25, -0.2) is 9.59 Å². The molecule has 2 fully saturated rings. The van der Waals surface area contributed by atoms with Crippen molar-refractivity contribution in [3.05, 3.63) is 47.7 Å². The van der Waals surface area contributed by atoms with Crippen molar-refractivity contribution in [3.8, 4) is 0 Å². The Morgan fingerprint density at radius 3 is 2.67 bits per heavy atom. The maximum Gasteiger partial charge on any atom is 0.338 e. The van der Waals surface area contributed by atoms with Crippen LogP contribution in [0.5, 0.6) is 0 Å². The molecule has 1 saturated carbocycles. The molecule has 2 aliphatic heterocycles. The topological polar surface area (TPSA) is 99.1 Å². The highest BCUT2D eigenvalue weighted by Crippen LogP contribution is 2.52. The highest BCUT2D eigenvalue weighted by Gasteiger charge is 2.70. The Morgan fingerprint density at radius 2 is 1.96 bits per heavy atom. The molecule has 1 N–H and O–H groups in total. The van der Waals surface area contributed by atoms with Crippen molar-refractivity contribution in [2.24, 2.45) is 11.8 Å². The lowest BCUT2D eigenvalue weighted by molar-refractivity contribution is -0.162. The van der Waals surface area contributed by atoms with E-state index in [0.29, 0.717) is 5.56 Å². The Hall–Kier alpha value is -2.67. The first kappa shape index (κ1) is 14.9. The van der Waals surface area contributed by atoms with Gasteiger partial charge in [0.1, 0.15) is 23.9 Å². The molecule has 1 aromatic carbocycles. The highest BCUT2D eigenvalue weighted by atomic mass is 16.6. The number of benzene rings is 1. The van der Waals surface area contributed by atoms with Crippen molar-refractivity contribution in [1.29, 1.82) is 0 Å². The minimum absolute atomic E-state index is 0.183. The van der Waals surface area contributed by atoms with E-state index in [1.165, 1.54) is 6.92 Å². The molecule has 7 nitrogen and oxygen atoms in total. The van der Waals surface area contributed by atoms with Crippen LogP contribution >= 0.6 is 0 Å². The minimum Gasteiger partial charge on any atom is -0.454 e. The van der Waals surface area contributed by atoms with Crippen LogP contribution in [0.2, 0.25) is 0 Å². The van der Waals surface area contributed by atoms with E-state index in [-0.39, 0.29) is 5.57 Å². The molecule has 4 rings (SSSR count). The molecule has 7 heteroatoms. The van der Waals surface area contributed by atoms with E-state index in [1.807, 2.05) is 0 Å². The van der Waals surface area contributed by atoms with Crippen LogP contribution in [-0.2, 0) is 23.8 Å². The first-order valence-electron chi connectivity index (χ1n) is 7.51. The summed E-state index contributed by atoms with van der Waals surface area (Å²) in [5.41, 5.74) is -1.23. The van der Waals surface area contributed by atoms with E-state index >= 15 is 0 Å². The molecule has 0 bridgehead atoms. The van der Waals surface area contributed by atoms with Crippen LogP contribution < -0.4 is 0 Å². The molecule has 3 aliphatic rings. The Morgan fingerprint density at radius 1 is 1.25 bits per heavy atom. The van der Waals surface area contributed by atoms with Crippen LogP contribution in [-0.4, -0.2) is 40.8 Å². The molecule has 124 valence electrons. The molecule has 2 heterocycles. The second-order valence-electron chi connectivity index (χ2n) is 6.30. The Balaban J connectivity index is 1.69. The quantitative estimate of drug-likeness (QED) is 0.625. The summed E-state index contributed by atoms with van der Waals surface area (Å²) in [5, 5.41) is 10.8. The molecule has 1 aliphatic carbocycles. The Kier molecular flexibility index (Phi) is 3.05. The molecule has 0 spiro atoms. The monoisotopic (exact) mass is 330 g/mol. The zero-order valence-electron chi connectivity index (χ0n) is 12.7. The summed E-state index contributed by atoms with van der Waals surface area (Å²) < 4.78 is 15.5. The standard InChI is InChI=1S/C17H14O7/c1-17(21)11-10-9(7-22-16(11)20)15(19)23-12(10)13(17)24-14(18)8-5-3-2-4-6-8/h2-7,10-13,21H,1H3/t10-,11-,12+,13+,17-/m1/s1. The lowest BCUT2D eigenvalue weighted by Gasteiger charge is -2.32. The maximum atomic E-state index is 12.3. The molecule has 0 radical (unpaired) electrons. The number of carbonyl (C=O) groups excluding carboxylic acids is 3. The lowest BCUT2D eigenvalue weighted by atomic mass is 9.82. The summed E-state index contributed by atoms with van der Waals surface area (Å²) in [6.45, 7) is 1.39. The Labute approximate surface area is 136 Å². The summed E-state index contributed by atoms with van der Waals surface area (Å²) >= 11 is 0. The molecule has 0 aromatic heterocycles. The SMILES string of the molecule is C[C@]1(O)[C@@H](OC(=O)c2ccccc2)[C@H]2OC(=O)C3=COC(=O)[C@H]1[C@@H]32. The third-order valence-electron chi connectivity index (χ3n) is 4.85. The number of ether oxygens (including phenoxy) is 3. The van der Waals surface area contributed by atoms with E-state index in [2.05, 4.69) is 0 Å². The van der Waals surface area contributed by atoms with Gasteiger partial charge in [0, 0.05) is 0 Å². The fraction of sp³-hybridized carbons (Fsp3) is 0.353. The molecular weight excluding hydrogens is 316 g/mol. The highest BCUT2D eigenvalue weighted by molar-refractivity contribution is 5.96. The van der Waals surface area contributed by atoms with Gasteiger partial charge in [-0.1, -0.05) is 18.2 Å². The third kappa shape index (κ3) is 1.91. The second-order valence-corrected chi connectivity index (χ2v) is 6.30. The first-order valence-corrected chi connectivity index (χ1v) is 7.51. The number of rotatable bonds is 2. The molecule has 0 unspecified atom stereocenters. The zero-order valence-corrected chi connectivity index (χ0v) is 12.7.